The Morgan fingerprint density at radius 2 is 1.75 bits per heavy atom. The lowest BCUT2D eigenvalue weighted by Crippen LogP contribution is -2.45. The number of ether oxygens (including phenoxy) is 2. The monoisotopic (exact) mass is 404 g/mol. The Labute approximate surface area is 165 Å². The highest BCUT2D eigenvalue weighted by Gasteiger charge is 2.30. The van der Waals surface area contributed by atoms with Gasteiger partial charge in [0.25, 0.3) is 0 Å². The fourth-order valence-corrected chi connectivity index (χ4v) is 4.22. The van der Waals surface area contributed by atoms with Gasteiger partial charge in [-0.2, -0.15) is 0 Å². The largest absolute Gasteiger partial charge is 0.486 e. The molecule has 8 heteroatoms. The molecular formula is C20H24N2O5S. The zero-order valence-electron chi connectivity index (χ0n) is 16.1. The summed E-state index contributed by atoms with van der Waals surface area (Å²) in [7, 11) is -3.72. The topological polar surface area (TPSA) is 84.9 Å². The van der Waals surface area contributed by atoms with Gasteiger partial charge in [0, 0.05) is 11.8 Å². The average molecular weight is 404 g/mol. The van der Waals surface area contributed by atoms with Crippen molar-refractivity contribution in [3.63, 3.8) is 0 Å². The number of hydrogen-bond donors (Lipinski definition) is 1. The first-order valence-electron chi connectivity index (χ1n) is 9.08. The second-order valence-electron chi connectivity index (χ2n) is 6.60. The van der Waals surface area contributed by atoms with Gasteiger partial charge in [0.1, 0.15) is 19.3 Å². The number of benzene rings is 2. The van der Waals surface area contributed by atoms with Crippen LogP contribution in [0.2, 0.25) is 0 Å². The molecule has 0 saturated carbocycles. The molecule has 1 N–H and O–H groups in total. The molecule has 1 aliphatic heterocycles. The molecule has 1 aliphatic rings. The van der Waals surface area contributed by atoms with Crippen LogP contribution in [0.3, 0.4) is 0 Å². The maximum atomic E-state index is 12.7. The standard InChI is InChI=1S/C20H24N2O5S/c1-4-15-5-7-16(8-6-15)21-20(23)14(2)22(28(3,24)25)17-9-10-18-19(13-17)27-12-11-26-18/h5-10,13-14H,4,11-12H2,1-3H3,(H,21,23)/t14-/m1/s1. The molecule has 0 aliphatic carbocycles. The Morgan fingerprint density at radius 1 is 1.11 bits per heavy atom. The van der Waals surface area contributed by atoms with Crippen molar-refractivity contribution >= 4 is 27.3 Å². The van der Waals surface area contributed by atoms with Crippen LogP contribution in [-0.4, -0.2) is 39.8 Å². The van der Waals surface area contributed by atoms with Gasteiger partial charge in [-0.25, -0.2) is 8.42 Å². The Kier molecular flexibility index (Phi) is 5.79. The average Bonchev–Trinajstić information content (AvgIpc) is 2.67. The minimum atomic E-state index is -3.72. The van der Waals surface area contributed by atoms with E-state index >= 15 is 0 Å². The maximum absolute atomic E-state index is 12.7. The molecule has 3 rings (SSSR count). The van der Waals surface area contributed by atoms with Crippen LogP contribution in [0.15, 0.2) is 42.5 Å². The van der Waals surface area contributed by atoms with Crippen molar-refractivity contribution in [1.29, 1.82) is 0 Å². The van der Waals surface area contributed by atoms with E-state index in [1.54, 1.807) is 37.3 Å². The summed E-state index contributed by atoms with van der Waals surface area (Å²) in [6, 6.07) is 11.3. The predicted molar refractivity (Wildman–Crippen MR) is 109 cm³/mol. The number of carbonyl (C=O) groups is 1. The smallest absolute Gasteiger partial charge is 0.247 e. The zero-order valence-corrected chi connectivity index (χ0v) is 17.0. The van der Waals surface area contributed by atoms with Gasteiger partial charge < -0.3 is 14.8 Å². The molecule has 0 aromatic heterocycles. The van der Waals surface area contributed by atoms with Gasteiger partial charge in [-0.3, -0.25) is 9.10 Å². The number of fused-ring (bicyclic) bond motifs is 1. The number of nitrogens with zero attached hydrogens (tertiary/aromatic N) is 1. The number of nitrogens with one attached hydrogen (secondary N) is 1. The summed E-state index contributed by atoms with van der Waals surface area (Å²) in [6.07, 6.45) is 1.97. The number of rotatable bonds is 6. The second kappa shape index (κ2) is 8.10. The van der Waals surface area contributed by atoms with Crippen LogP contribution in [0.4, 0.5) is 11.4 Å². The maximum Gasteiger partial charge on any atom is 0.247 e. The Bertz CT molecular complexity index is 957. The lowest BCUT2D eigenvalue weighted by atomic mass is 10.1. The van der Waals surface area contributed by atoms with Crippen molar-refractivity contribution in [2.45, 2.75) is 26.3 Å². The fourth-order valence-electron chi connectivity index (χ4n) is 3.05. The number of anilines is 2. The fraction of sp³-hybridized carbons (Fsp3) is 0.350. The van der Waals surface area contributed by atoms with E-state index in [1.165, 1.54) is 0 Å². The highest BCUT2D eigenvalue weighted by molar-refractivity contribution is 7.92. The van der Waals surface area contributed by atoms with E-state index in [1.807, 2.05) is 19.1 Å². The number of amides is 1. The second-order valence-corrected chi connectivity index (χ2v) is 8.46. The van der Waals surface area contributed by atoms with Gasteiger partial charge in [0.15, 0.2) is 11.5 Å². The van der Waals surface area contributed by atoms with E-state index in [2.05, 4.69) is 5.32 Å². The van der Waals surface area contributed by atoms with Gasteiger partial charge in [0.05, 0.1) is 11.9 Å². The van der Waals surface area contributed by atoms with Gasteiger partial charge in [-0.1, -0.05) is 19.1 Å². The van der Waals surface area contributed by atoms with Gasteiger partial charge in [0.2, 0.25) is 15.9 Å². The molecule has 0 unspecified atom stereocenters. The van der Waals surface area contributed by atoms with Crippen LogP contribution in [0.5, 0.6) is 11.5 Å². The third-order valence-electron chi connectivity index (χ3n) is 4.50. The third-order valence-corrected chi connectivity index (χ3v) is 5.74. The molecule has 0 spiro atoms. The molecular weight excluding hydrogens is 380 g/mol. The normalized spacial score (nSPS) is 14.2. The van der Waals surface area contributed by atoms with E-state index < -0.39 is 22.0 Å². The lowest BCUT2D eigenvalue weighted by molar-refractivity contribution is -0.116. The Balaban J connectivity index is 1.85. The van der Waals surface area contributed by atoms with E-state index in [-0.39, 0.29) is 0 Å². The van der Waals surface area contributed by atoms with E-state index in [0.29, 0.717) is 36.1 Å². The summed E-state index contributed by atoms with van der Waals surface area (Å²) in [6.45, 7) is 4.43. The van der Waals surface area contributed by atoms with Crippen molar-refractivity contribution in [3.05, 3.63) is 48.0 Å². The number of aryl methyl sites for hydroxylation is 1. The summed E-state index contributed by atoms with van der Waals surface area (Å²) < 4.78 is 37.0. The lowest BCUT2D eigenvalue weighted by Gasteiger charge is -2.29. The minimum Gasteiger partial charge on any atom is -0.486 e. The van der Waals surface area contributed by atoms with Crippen molar-refractivity contribution in [3.8, 4) is 11.5 Å². The molecule has 2 aromatic rings. The van der Waals surface area contributed by atoms with E-state index in [0.717, 1.165) is 22.5 Å². The van der Waals surface area contributed by atoms with Crippen LogP contribution >= 0.6 is 0 Å². The van der Waals surface area contributed by atoms with Crippen LogP contribution in [0, 0.1) is 0 Å². The number of carbonyl (C=O) groups excluding carboxylic acids is 1. The van der Waals surface area contributed by atoms with Crippen molar-refractivity contribution in [2.75, 3.05) is 29.1 Å². The summed E-state index contributed by atoms with van der Waals surface area (Å²) >= 11 is 0. The molecule has 150 valence electrons. The molecule has 0 radical (unpaired) electrons. The Morgan fingerprint density at radius 3 is 2.36 bits per heavy atom. The highest BCUT2D eigenvalue weighted by Crippen LogP contribution is 2.35. The molecule has 0 fully saturated rings. The summed E-state index contributed by atoms with van der Waals surface area (Å²) in [5.41, 5.74) is 2.11. The molecule has 0 bridgehead atoms. The number of hydrogen-bond acceptors (Lipinski definition) is 5. The molecule has 1 amide bonds. The molecule has 1 heterocycles. The molecule has 7 nitrogen and oxygen atoms in total. The summed E-state index contributed by atoms with van der Waals surface area (Å²) in [5.74, 6) is 0.585. The Hall–Kier alpha value is -2.74. The van der Waals surface area contributed by atoms with Crippen molar-refractivity contribution < 1.29 is 22.7 Å². The van der Waals surface area contributed by atoms with Crippen LogP contribution < -0.4 is 19.1 Å². The SMILES string of the molecule is CCc1ccc(NC(=O)[C@@H](C)N(c2ccc3c(c2)OCCO3)S(C)(=O)=O)cc1. The van der Waals surface area contributed by atoms with Gasteiger partial charge in [-0.15, -0.1) is 0 Å². The van der Waals surface area contributed by atoms with Gasteiger partial charge in [-0.05, 0) is 43.2 Å². The predicted octanol–water partition coefficient (Wildman–Crippen LogP) is 2.81. The van der Waals surface area contributed by atoms with Gasteiger partial charge >= 0.3 is 0 Å². The van der Waals surface area contributed by atoms with E-state index in [4.69, 9.17) is 9.47 Å². The first kappa shape index (κ1) is 20.0. The molecule has 1 atom stereocenters. The molecule has 28 heavy (non-hydrogen) atoms. The molecule has 2 aromatic carbocycles. The minimum absolute atomic E-state index is 0.343. The zero-order chi connectivity index (χ0) is 20.3. The van der Waals surface area contributed by atoms with Crippen LogP contribution in [0.25, 0.3) is 0 Å². The first-order chi connectivity index (χ1) is 13.3. The van der Waals surface area contributed by atoms with Crippen molar-refractivity contribution in [1.82, 2.24) is 0 Å². The molecule has 0 saturated heterocycles. The third kappa shape index (κ3) is 4.39. The van der Waals surface area contributed by atoms with Crippen LogP contribution in [-0.2, 0) is 21.2 Å². The quantitative estimate of drug-likeness (QED) is 0.800. The summed E-state index contributed by atoms with van der Waals surface area (Å²) in [5, 5.41) is 2.78. The first-order valence-corrected chi connectivity index (χ1v) is 10.9. The van der Waals surface area contributed by atoms with E-state index in [9.17, 15) is 13.2 Å². The van der Waals surface area contributed by atoms with Crippen molar-refractivity contribution in [2.24, 2.45) is 0 Å². The highest BCUT2D eigenvalue weighted by atomic mass is 32.2. The van der Waals surface area contributed by atoms with Crippen LogP contribution in [0.1, 0.15) is 19.4 Å². The summed E-state index contributed by atoms with van der Waals surface area (Å²) in [4.78, 5) is 12.7. The number of sulfonamides is 1.